The summed E-state index contributed by atoms with van der Waals surface area (Å²) in [7, 11) is 0. The van der Waals surface area contributed by atoms with Gasteiger partial charge in [-0.25, -0.2) is 9.59 Å². The number of carbonyl (C=O) groups excluding carboxylic acids is 6. The summed E-state index contributed by atoms with van der Waals surface area (Å²) in [6, 6.07) is 15.4. The molecular formula is C31H27Cl2N3O8. The first-order valence-electron chi connectivity index (χ1n) is 13.4. The maximum Gasteiger partial charge on any atom is 0.338 e. The Kier molecular flexibility index (Phi) is 10.4. The zero-order chi connectivity index (χ0) is 32.0. The Labute approximate surface area is 262 Å². The molecule has 1 aliphatic rings. The molecule has 0 aliphatic carbocycles. The molecule has 1 atom stereocenters. The number of nitrogens with zero attached hydrogens (tertiary/aromatic N) is 1. The molecule has 0 radical (unpaired) electrons. The van der Waals surface area contributed by atoms with E-state index in [0.29, 0.717) is 21.4 Å². The first kappa shape index (κ1) is 32.2. The molecule has 44 heavy (non-hydrogen) atoms. The van der Waals surface area contributed by atoms with Gasteiger partial charge in [0.1, 0.15) is 6.04 Å². The van der Waals surface area contributed by atoms with Crippen molar-refractivity contribution in [1.82, 2.24) is 4.90 Å². The molecule has 2 N–H and O–H groups in total. The van der Waals surface area contributed by atoms with E-state index in [1.807, 2.05) is 0 Å². The average molecular weight is 640 g/mol. The molecular weight excluding hydrogens is 613 g/mol. The highest BCUT2D eigenvalue weighted by Crippen LogP contribution is 2.29. The van der Waals surface area contributed by atoms with Gasteiger partial charge in [-0.3, -0.25) is 24.1 Å². The molecule has 0 aromatic heterocycles. The highest BCUT2D eigenvalue weighted by Gasteiger charge is 2.44. The van der Waals surface area contributed by atoms with Gasteiger partial charge in [-0.2, -0.15) is 0 Å². The number of ether oxygens (including phenoxy) is 2. The van der Waals surface area contributed by atoms with Gasteiger partial charge in [0.05, 0.1) is 38.1 Å². The number of benzene rings is 3. The Morgan fingerprint density at radius 3 is 1.82 bits per heavy atom. The second-order valence-corrected chi connectivity index (χ2v) is 10.9. The van der Waals surface area contributed by atoms with Crippen LogP contribution in [0.5, 0.6) is 0 Å². The summed E-state index contributed by atoms with van der Waals surface area (Å²) in [5.41, 5.74) is 0.429. The maximum atomic E-state index is 13.4. The van der Waals surface area contributed by atoms with Gasteiger partial charge < -0.3 is 20.1 Å². The number of carbonyl (C=O) groups is 6. The van der Waals surface area contributed by atoms with E-state index < -0.39 is 54.8 Å². The summed E-state index contributed by atoms with van der Waals surface area (Å²) < 4.78 is 10.3. The average Bonchev–Trinajstić information content (AvgIpc) is 3.24. The number of para-hydroxylation sites is 2. The number of halogens is 2. The van der Waals surface area contributed by atoms with Crippen molar-refractivity contribution in [2.75, 3.05) is 23.8 Å². The molecule has 3 aromatic rings. The summed E-state index contributed by atoms with van der Waals surface area (Å²) in [6.07, 6.45) is 0.0614. The van der Waals surface area contributed by atoms with Gasteiger partial charge in [0, 0.05) is 0 Å². The first-order valence-corrected chi connectivity index (χ1v) is 14.2. The predicted octanol–water partition coefficient (Wildman–Crippen LogP) is 4.98. The van der Waals surface area contributed by atoms with Gasteiger partial charge in [0.2, 0.25) is 0 Å². The number of amides is 4. The van der Waals surface area contributed by atoms with Gasteiger partial charge in [0.25, 0.3) is 23.6 Å². The molecule has 228 valence electrons. The van der Waals surface area contributed by atoms with E-state index in [-0.39, 0.29) is 29.0 Å². The van der Waals surface area contributed by atoms with Crippen LogP contribution in [0.25, 0.3) is 0 Å². The van der Waals surface area contributed by atoms with Crippen LogP contribution in [0.15, 0.2) is 66.7 Å². The lowest BCUT2D eigenvalue weighted by Gasteiger charge is -2.25. The van der Waals surface area contributed by atoms with E-state index in [4.69, 9.17) is 32.7 Å². The number of hydrogen-bond donors (Lipinski definition) is 2. The zero-order valence-corrected chi connectivity index (χ0v) is 25.1. The van der Waals surface area contributed by atoms with Crippen LogP contribution in [0.3, 0.4) is 0 Å². The molecule has 1 aliphatic heterocycles. The predicted molar refractivity (Wildman–Crippen MR) is 162 cm³/mol. The van der Waals surface area contributed by atoms with Gasteiger partial charge in [-0.1, -0.05) is 61.3 Å². The monoisotopic (exact) mass is 639 g/mol. The molecule has 13 heteroatoms. The van der Waals surface area contributed by atoms with Crippen LogP contribution in [-0.4, -0.2) is 59.7 Å². The second-order valence-electron chi connectivity index (χ2n) is 10.1. The van der Waals surface area contributed by atoms with Crippen LogP contribution in [0.1, 0.15) is 51.3 Å². The van der Waals surface area contributed by atoms with E-state index in [9.17, 15) is 28.8 Å². The van der Waals surface area contributed by atoms with Crippen LogP contribution < -0.4 is 10.6 Å². The summed E-state index contributed by atoms with van der Waals surface area (Å²) in [5.74, 6) is -4.89. The minimum atomic E-state index is -1.33. The van der Waals surface area contributed by atoms with Crippen molar-refractivity contribution in [3.05, 3.63) is 93.5 Å². The molecule has 3 aromatic carbocycles. The number of nitrogens with one attached hydrogen (secondary N) is 2. The fraction of sp³-hybridized carbons (Fsp3) is 0.226. The summed E-state index contributed by atoms with van der Waals surface area (Å²) >= 11 is 12.1. The zero-order valence-electron chi connectivity index (χ0n) is 23.6. The third-order valence-electron chi connectivity index (χ3n) is 6.41. The minimum Gasteiger partial charge on any atom is -0.454 e. The van der Waals surface area contributed by atoms with E-state index in [1.54, 1.807) is 62.4 Å². The van der Waals surface area contributed by atoms with Gasteiger partial charge in [0.15, 0.2) is 13.2 Å². The van der Waals surface area contributed by atoms with Crippen LogP contribution >= 0.6 is 23.2 Å². The van der Waals surface area contributed by atoms with Gasteiger partial charge in [-0.05, 0) is 54.8 Å². The highest BCUT2D eigenvalue weighted by atomic mass is 35.5. The van der Waals surface area contributed by atoms with Crippen molar-refractivity contribution in [2.24, 2.45) is 5.92 Å². The fourth-order valence-corrected chi connectivity index (χ4v) is 4.73. The Morgan fingerprint density at radius 2 is 1.27 bits per heavy atom. The molecule has 0 spiro atoms. The molecule has 4 amide bonds. The van der Waals surface area contributed by atoms with E-state index in [2.05, 4.69) is 10.6 Å². The normalized spacial score (nSPS) is 12.9. The summed E-state index contributed by atoms with van der Waals surface area (Å²) in [6.45, 7) is 2.27. The fourth-order valence-electron chi connectivity index (χ4n) is 4.37. The largest absolute Gasteiger partial charge is 0.454 e. The Morgan fingerprint density at radius 1 is 0.750 bits per heavy atom. The third kappa shape index (κ3) is 7.61. The number of anilines is 2. The van der Waals surface area contributed by atoms with Crippen LogP contribution in [0.2, 0.25) is 10.0 Å². The molecule has 4 rings (SSSR count). The number of rotatable bonds is 11. The third-order valence-corrected chi connectivity index (χ3v) is 7.07. The number of hydrogen-bond acceptors (Lipinski definition) is 8. The molecule has 0 unspecified atom stereocenters. The lowest BCUT2D eigenvalue weighted by atomic mass is 10.0. The quantitative estimate of drug-likeness (QED) is 0.220. The standard InChI is InChI=1S/C31H27Cl2N3O8/c1-17(2)13-25(31(42)44-16-27(38)35-24-10-6-4-8-22(24)33)36-28(39)19-12-11-18(14-20(19)29(36)40)30(41)43-15-26(37)34-23-9-5-3-7-21(23)32/h3-12,14,17,25H,13,15-16H2,1-2H3,(H,34,37)(H,35,38)/t25-/m0/s1. The van der Waals surface area contributed by atoms with Crippen molar-refractivity contribution in [1.29, 1.82) is 0 Å². The number of esters is 2. The van der Waals surface area contributed by atoms with Crippen molar-refractivity contribution in [3.63, 3.8) is 0 Å². The van der Waals surface area contributed by atoms with Crippen molar-refractivity contribution in [3.8, 4) is 0 Å². The highest BCUT2D eigenvalue weighted by molar-refractivity contribution is 6.34. The molecule has 0 saturated heterocycles. The summed E-state index contributed by atoms with van der Waals surface area (Å²) in [4.78, 5) is 77.8. The van der Waals surface area contributed by atoms with E-state index >= 15 is 0 Å². The van der Waals surface area contributed by atoms with E-state index in [0.717, 1.165) is 4.90 Å². The van der Waals surface area contributed by atoms with Crippen LogP contribution in [-0.2, 0) is 23.9 Å². The van der Waals surface area contributed by atoms with Crippen molar-refractivity contribution < 1.29 is 38.2 Å². The second kappa shape index (κ2) is 14.2. The van der Waals surface area contributed by atoms with Crippen molar-refractivity contribution >= 4 is 70.1 Å². The SMILES string of the molecule is CC(C)C[C@@H](C(=O)OCC(=O)Nc1ccccc1Cl)N1C(=O)c2ccc(C(=O)OCC(=O)Nc3ccccc3Cl)cc2C1=O. The van der Waals surface area contributed by atoms with Crippen LogP contribution in [0, 0.1) is 5.92 Å². The minimum absolute atomic E-state index is 0.0268. The Balaban J connectivity index is 1.42. The topological polar surface area (TPSA) is 148 Å². The molecule has 1 heterocycles. The summed E-state index contributed by atoms with van der Waals surface area (Å²) in [5, 5.41) is 5.64. The molecule has 11 nitrogen and oxygen atoms in total. The van der Waals surface area contributed by atoms with Gasteiger partial charge >= 0.3 is 11.9 Å². The molecule has 0 bridgehead atoms. The maximum absolute atomic E-state index is 13.4. The van der Waals surface area contributed by atoms with Crippen molar-refractivity contribution in [2.45, 2.75) is 26.3 Å². The Hall–Kier alpha value is -4.74. The number of fused-ring (bicyclic) bond motifs is 1. The Bertz CT molecular complexity index is 1640. The first-order chi connectivity index (χ1) is 21.0. The lowest BCUT2D eigenvalue weighted by molar-refractivity contribution is -0.151. The molecule has 0 saturated carbocycles. The smallest absolute Gasteiger partial charge is 0.338 e. The van der Waals surface area contributed by atoms with Crippen LogP contribution in [0.4, 0.5) is 11.4 Å². The van der Waals surface area contributed by atoms with Gasteiger partial charge in [-0.15, -0.1) is 0 Å². The number of imide groups is 1. The molecule has 0 fully saturated rings. The van der Waals surface area contributed by atoms with E-state index in [1.165, 1.54) is 18.2 Å². The lowest BCUT2D eigenvalue weighted by Crippen LogP contribution is -2.46.